The molecule has 0 aromatic heterocycles. The lowest BCUT2D eigenvalue weighted by atomic mass is 10.1. The monoisotopic (exact) mass is 293 g/mol. The molecule has 5 nitrogen and oxygen atoms in total. The molecule has 21 heavy (non-hydrogen) atoms. The van der Waals surface area contributed by atoms with E-state index in [0.717, 1.165) is 37.4 Å². The molecule has 0 unspecified atom stereocenters. The number of aryl methyl sites for hydroxylation is 1. The summed E-state index contributed by atoms with van der Waals surface area (Å²) in [6.07, 6.45) is 0. The molecule has 1 atom stereocenters. The number of methoxy groups -OCH3 is 1. The zero-order valence-electron chi connectivity index (χ0n) is 13.5. The largest absolute Gasteiger partial charge is 0.495 e. The number of amides is 1. The van der Waals surface area contributed by atoms with E-state index in [-0.39, 0.29) is 11.9 Å². The van der Waals surface area contributed by atoms with E-state index in [1.807, 2.05) is 32.0 Å². The Morgan fingerprint density at radius 3 is 2.57 bits per heavy atom. The molecule has 0 radical (unpaired) electrons. The molecule has 3 N–H and O–H groups in total. The average Bonchev–Trinajstić information content (AvgIpc) is 2.47. The van der Waals surface area contributed by atoms with Gasteiger partial charge in [0, 0.05) is 0 Å². The first-order valence-corrected chi connectivity index (χ1v) is 7.62. The molecule has 1 saturated heterocycles. The van der Waals surface area contributed by atoms with Crippen LogP contribution in [0.2, 0.25) is 0 Å². The van der Waals surface area contributed by atoms with Crippen molar-refractivity contribution in [2.24, 2.45) is 0 Å². The Labute approximate surface area is 126 Å². The molecule has 1 aromatic rings. The van der Waals surface area contributed by atoms with E-state index < -0.39 is 0 Å². The average molecular weight is 293 g/mol. The molecule has 1 heterocycles. The second-order valence-corrected chi connectivity index (χ2v) is 6.03. The highest BCUT2D eigenvalue weighted by molar-refractivity contribution is 5.95. The van der Waals surface area contributed by atoms with E-state index >= 15 is 0 Å². The van der Waals surface area contributed by atoms with Crippen LogP contribution in [0.4, 0.5) is 5.69 Å². The Morgan fingerprint density at radius 1 is 1.29 bits per heavy atom. The van der Waals surface area contributed by atoms with Gasteiger partial charge >= 0.3 is 0 Å². The molecule has 2 rings (SSSR count). The summed E-state index contributed by atoms with van der Waals surface area (Å²) in [7, 11) is 3.83. The van der Waals surface area contributed by atoms with E-state index in [1.54, 1.807) is 12.0 Å². The van der Waals surface area contributed by atoms with Crippen LogP contribution < -0.4 is 19.9 Å². The molecule has 1 amide bonds. The molecule has 1 fully saturated rings. The smallest absolute Gasteiger partial charge is 0.282 e. The first-order chi connectivity index (χ1) is 10.0. The van der Waals surface area contributed by atoms with Crippen molar-refractivity contribution < 1.29 is 19.3 Å². The Balaban J connectivity index is 2.02. The number of hydrogen-bond donors (Lipinski definition) is 3. The van der Waals surface area contributed by atoms with Crippen LogP contribution >= 0.6 is 0 Å². The molecule has 0 bridgehead atoms. The molecule has 1 aliphatic heterocycles. The van der Waals surface area contributed by atoms with Gasteiger partial charge in [0.05, 0.1) is 19.8 Å². The van der Waals surface area contributed by atoms with E-state index in [0.29, 0.717) is 5.75 Å². The quantitative estimate of drug-likeness (QED) is 0.649. The molecule has 5 heteroatoms. The minimum Gasteiger partial charge on any atom is -0.495 e. The summed E-state index contributed by atoms with van der Waals surface area (Å²) < 4.78 is 5.32. The van der Waals surface area contributed by atoms with Crippen molar-refractivity contribution in [1.82, 2.24) is 0 Å². The third-order valence-electron chi connectivity index (χ3n) is 4.36. The fraction of sp³-hybridized carbons (Fsp3) is 0.562. The topological polar surface area (TPSA) is 47.2 Å². The molecule has 0 spiro atoms. The van der Waals surface area contributed by atoms with Gasteiger partial charge in [-0.2, -0.15) is 0 Å². The van der Waals surface area contributed by atoms with Crippen molar-refractivity contribution >= 4 is 11.6 Å². The lowest BCUT2D eigenvalue weighted by molar-refractivity contribution is -1.01. The number of nitrogens with one attached hydrogen (secondary N) is 3. The van der Waals surface area contributed by atoms with Gasteiger partial charge in [-0.05, 0) is 31.5 Å². The van der Waals surface area contributed by atoms with Crippen LogP contribution in [0.25, 0.3) is 0 Å². The van der Waals surface area contributed by atoms with E-state index in [4.69, 9.17) is 4.74 Å². The molecule has 0 aliphatic carbocycles. The number of piperazine rings is 1. The highest BCUT2D eigenvalue weighted by Gasteiger charge is 2.30. The molecular formula is C16H27N3O2+2. The fourth-order valence-electron chi connectivity index (χ4n) is 2.78. The summed E-state index contributed by atoms with van der Waals surface area (Å²) >= 11 is 0. The normalized spacial score (nSPS) is 23.4. The molecule has 1 aliphatic rings. The summed E-state index contributed by atoms with van der Waals surface area (Å²) in [5, 5.41) is 3.02. The second kappa shape index (κ2) is 6.91. The van der Waals surface area contributed by atoms with Gasteiger partial charge in [-0.1, -0.05) is 6.07 Å². The number of rotatable bonds is 4. The number of ether oxygens (including phenoxy) is 1. The minimum atomic E-state index is -0.0386. The third-order valence-corrected chi connectivity index (χ3v) is 4.36. The van der Waals surface area contributed by atoms with Crippen LogP contribution in [-0.4, -0.2) is 52.3 Å². The van der Waals surface area contributed by atoms with Crippen LogP contribution in [0.15, 0.2) is 18.2 Å². The predicted molar refractivity (Wildman–Crippen MR) is 83.1 cm³/mol. The summed E-state index contributed by atoms with van der Waals surface area (Å²) in [6, 6.07) is 5.78. The van der Waals surface area contributed by atoms with Crippen LogP contribution in [0.1, 0.15) is 12.5 Å². The number of quaternary nitrogens is 2. The summed E-state index contributed by atoms with van der Waals surface area (Å²) in [6.45, 7) is 8.36. The summed E-state index contributed by atoms with van der Waals surface area (Å²) in [5.74, 6) is 0.771. The SMILES string of the molecule is COc1ccc(C)cc1NC(=O)[C@H](C)[NH+]1CC[NH+](C)CC1. The van der Waals surface area contributed by atoms with Crippen molar-refractivity contribution in [3.63, 3.8) is 0 Å². The standard InChI is InChI=1S/C16H25N3O2/c1-12-5-6-15(21-4)14(11-12)17-16(20)13(2)19-9-7-18(3)8-10-19/h5-6,11,13H,7-10H2,1-4H3,(H,17,20)/p+2/t13-/m0/s1. The minimum absolute atomic E-state index is 0.0386. The number of hydrogen-bond acceptors (Lipinski definition) is 2. The van der Waals surface area contributed by atoms with E-state index in [2.05, 4.69) is 12.4 Å². The first-order valence-electron chi connectivity index (χ1n) is 7.62. The second-order valence-electron chi connectivity index (χ2n) is 6.03. The Kier molecular flexibility index (Phi) is 5.20. The van der Waals surface area contributed by atoms with Crippen molar-refractivity contribution in [1.29, 1.82) is 0 Å². The molecule has 1 aromatic carbocycles. The number of carbonyl (C=O) groups is 1. The maximum Gasteiger partial charge on any atom is 0.282 e. The third kappa shape index (κ3) is 3.95. The van der Waals surface area contributed by atoms with Gasteiger partial charge in [0.15, 0.2) is 6.04 Å². The fourth-order valence-corrected chi connectivity index (χ4v) is 2.78. The summed E-state index contributed by atoms with van der Waals surface area (Å²) in [4.78, 5) is 15.4. The van der Waals surface area contributed by atoms with Crippen molar-refractivity contribution in [3.05, 3.63) is 23.8 Å². The van der Waals surface area contributed by atoms with Gasteiger partial charge in [0.1, 0.15) is 31.9 Å². The molecule has 0 saturated carbocycles. The van der Waals surface area contributed by atoms with Gasteiger partial charge in [0.25, 0.3) is 5.91 Å². The number of carbonyl (C=O) groups excluding carboxylic acids is 1. The van der Waals surface area contributed by atoms with Crippen molar-refractivity contribution in [2.45, 2.75) is 19.9 Å². The van der Waals surface area contributed by atoms with Gasteiger partial charge < -0.3 is 19.9 Å². The molecular weight excluding hydrogens is 266 g/mol. The van der Waals surface area contributed by atoms with Crippen LogP contribution in [0.5, 0.6) is 5.75 Å². The van der Waals surface area contributed by atoms with Gasteiger partial charge in [-0.15, -0.1) is 0 Å². The van der Waals surface area contributed by atoms with Gasteiger partial charge in [0.2, 0.25) is 0 Å². The number of anilines is 1. The van der Waals surface area contributed by atoms with E-state index in [1.165, 1.54) is 4.90 Å². The zero-order chi connectivity index (χ0) is 15.4. The summed E-state index contributed by atoms with van der Waals surface area (Å²) in [5.41, 5.74) is 1.86. The Hall–Kier alpha value is -1.59. The maximum absolute atomic E-state index is 12.5. The Bertz CT molecular complexity index is 496. The highest BCUT2D eigenvalue weighted by atomic mass is 16.5. The van der Waals surface area contributed by atoms with E-state index in [9.17, 15) is 4.79 Å². The predicted octanol–water partition coefficient (Wildman–Crippen LogP) is -1.26. The number of benzene rings is 1. The molecule has 116 valence electrons. The maximum atomic E-state index is 12.5. The first kappa shape index (κ1) is 15.8. The number of likely N-dealkylation sites (N-methyl/N-ethyl adjacent to an activating group) is 1. The van der Waals surface area contributed by atoms with Gasteiger partial charge in [-0.3, -0.25) is 4.79 Å². The van der Waals surface area contributed by atoms with Crippen LogP contribution in [0.3, 0.4) is 0 Å². The Morgan fingerprint density at radius 2 is 1.95 bits per heavy atom. The zero-order valence-corrected chi connectivity index (χ0v) is 13.5. The highest BCUT2D eigenvalue weighted by Crippen LogP contribution is 2.25. The van der Waals surface area contributed by atoms with Crippen molar-refractivity contribution in [3.8, 4) is 5.75 Å². The van der Waals surface area contributed by atoms with Crippen molar-refractivity contribution in [2.75, 3.05) is 45.7 Å². The lowest BCUT2D eigenvalue weighted by Crippen LogP contribution is -3.29. The van der Waals surface area contributed by atoms with Crippen LogP contribution in [-0.2, 0) is 4.79 Å². The van der Waals surface area contributed by atoms with Crippen LogP contribution in [0, 0.1) is 6.92 Å². The lowest BCUT2D eigenvalue weighted by Gasteiger charge is -2.30. The van der Waals surface area contributed by atoms with Gasteiger partial charge in [-0.25, -0.2) is 0 Å².